The van der Waals surface area contributed by atoms with Crippen molar-refractivity contribution in [3.63, 3.8) is 0 Å². The van der Waals surface area contributed by atoms with Gasteiger partial charge < -0.3 is 20.4 Å². The van der Waals surface area contributed by atoms with Crippen LogP contribution in [0, 0.1) is 5.92 Å². The molecule has 1 fully saturated rings. The molecule has 2 rings (SSSR count). The van der Waals surface area contributed by atoms with Crippen LogP contribution in [0.1, 0.15) is 30.9 Å². The second-order valence-corrected chi connectivity index (χ2v) is 5.75. The average Bonchev–Trinajstić information content (AvgIpc) is 2.99. The van der Waals surface area contributed by atoms with Crippen LogP contribution in [0.25, 0.3) is 0 Å². The van der Waals surface area contributed by atoms with E-state index >= 15 is 0 Å². The standard InChI is InChI=1S/C10H14N2.C6H8O7/c1-12-7-3-5-10(12)9-4-2-6-11-8-9;7-3(8)1-2(5(10)11)4(9)6(12)13/h2,4,6,8,10H,3,5,7H2,1H3;2,4,9H,1H2,(H,7,8)(H,10,11)(H,12,13). The number of aliphatic hydroxyl groups is 1. The second-order valence-electron chi connectivity index (χ2n) is 5.75. The maximum atomic E-state index is 10.3. The van der Waals surface area contributed by atoms with Crippen molar-refractivity contribution in [3.05, 3.63) is 30.1 Å². The number of likely N-dealkylation sites (tertiary alicyclic amines) is 1. The van der Waals surface area contributed by atoms with Gasteiger partial charge in [0.15, 0.2) is 6.10 Å². The highest BCUT2D eigenvalue weighted by Gasteiger charge is 2.33. The van der Waals surface area contributed by atoms with Gasteiger partial charge in [0.2, 0.25) is 0 Å². The Morgan fingerprint density at radius 1 is 1.28 bits per heavy atom. The molecule has 4 N–H and O–H groups in total. The van der Waals surface area contributed by atoms with Crippen LogP contribution in [-0.2, 0) is 14.4 Å². The molecule has 3 unspecified atom stereocenters. The first-order valence-corrected chi connectivity index (χ1v) is 7.69. The first kappa shape index (κ1) is 20.5. The van der Waals surface area contributed by atoms with E-state index in [0.29, 0.717) is 6.04 Å². The summed E-state index contributed by atoms with van der Waals surface area (Å²) in [5, 5.41) is 33.5. The van der Waals surface area contributed by atoms with Gasteiger partial charge in [-0.2, -0.15) is 0 Å². The molecule has 0 bridgehead atoms. The molecule has 138 valence electrons. The molecule has 9 nitrogen and oxygen atoms in total. The zero-order valence-corrected chi connectivity index (χ0v) is 13.8. The SMILES string of the molecule is CN1CCCC1c1cccnc1.O=C(O)CC(C(=O)O)C(O)C(=O)O. The minimum Gasteiger partial charge on any atom is -0.481 e. The number of carboxylic acids is 3. The van der Waals surface area contributed by atoms with E-state index in [-0.39, 0.29) is 0 Å². The zero-order valence-electron chi connectivity index (χ0n) is 13.8. The molecule has 0 saturated carbocycles. The van der Waals surface area contributed by atoms with Crippen molar-refractivity contribution < 1.29 is 34.8 Å². The predicted octanol–water partition coefficient (Wildman–Crippen LogP) is 0.456. The lowest BCUT2D eigenvalue weighted by molar-refractivity contribution is -0.162. The van der Waals surface area contributed by atoms with Gasteiger partial charge in [-0.1, -0.05) is 6.07 Å². The Bertz CT molecular complexity index is 593. The highest BCUT2D eigenvalue weighted by atomic mass is 16.4. The third-order valence-corrected chi connectivity index (χ3v) is 3.94. The van der Waals surface area contributed by atoms with Crippen LogP contribution in [-0.4, -0.2) is 67.9 Å². The number of carboxylic acid groups (broad SMARTS) is 3. The van der Waals surface area contributed by atoms with Crippen molar-refractivity contribution in [2.45, 2.75) is 31.4 Å². The lowest BCUT2D eigenvalue weighted by Crippen LogP contribution is -2.36. The zero-order chi connectivity index (χ0) is 19.0. The summed E-state index contributed by atoms with van der Waals surface area (Å²) in [6.07, 6.45) is 3.28. The monoisotopic (exact) mass is 354 g/mol. The van der Waals surface area contributed by atoms with E-state index in [9.17, 15) is 14.4 Å². The highest BCUT2D eigenvalue weighted by molar-refractivity contribution is 5.85. The van der Waals surface area contributed by atoms with Crippen molar-refractivity contribution in [2.75, 3.05) is 13.6 Å². The molecular weight excluding hydrogens is 332 g/mol. The fourth-order valence-corrected chi connectivity index (χ4v) is 2.60. The van der Waals surface area contributed by atoms with Gasteiger partial charge in [-0.25, -0.2) is 4.79 Å². The van der Waals surface area contributed by atoms with E-state index in [1.807, 2.05) is 18.5 Å². The number of nitrogens with zero attached hydrogens (tertiary/aromatic N) is 2. The number of hydrogen-bond donors (Lipinski definition) is 4. The van der Waals surface area contributed by atoms with Crippen molar-refractivity contribution in [1.29, 1.82) is 0 Å². The van der Waals surface area contributed by atoms with Gasteiger partial charge in [0, 0.05) is 18.4 Å². The predicted molar refractivity (Wildman–Crippen MR) is 85.9 cm³/mol. The van der Waals surface area contributed by atoms with Crippen LogP contribution in [0.2, 0.25) is 0 Å². The van der Waals surface area contributed by atoms with E-state index in [1.165, 1.54) is 24.9 Å². The molecule has 1 aliphatic heterocycles. The average molecular weight is 354 g/mol. The quantitative estimate of drug-likeness (QED) is 0.571. The second kappa shape index (κ2) is 9.70. The maximum absolute atomic E-state index is 10.3. The molecule has 1 aromatic heterocycles. The van der Waals surface area contributed by atoms with Crippen LogP contribution in [0.15, 0.2) is 24.5 Å². The number of carbonyl (C=O) groups is 3. The Balaban J connectivity index is 0.000000250. The number of aliphatic carboxylic acids is 3. The Labute approximate surface area is 144 Å². The van der Waals surface area contributed by atoms with Crippen LogP contribution in [0.4, 0.5) is 0 Å². The normalized spacial score (nSPS) is 19.4. The summed E-state index contributed by atoms with van der Waals surface area (Å²) >= 11 is 0. The van der Waals surface area contributed by atoms with Crippen LogP contribution < -0.4 is 0 Å². The van der Waals surface area contributed by atoms with E-state index < -0.39 is 36.4 Å². The summed E-state index contributed by atoms with van der Waals surface area (Å²) in [6.45, 7) is 1.22. The minimum atomic E-state index is -2.20. The molecule has 0 radical (unpaired) electrons. The van der Waals surface area contributed by atoms with Crippen molar-refractivity contribution >= 4 is 17.9 Å². The van der Waals surface area contributed by atoms with Crippen LogP contribution in [0.5, 0.6) is 0 Å². The Morgan fingerprint density at radius 3 is 2.36 bits per heavy atom. The highest BCUT2D eigenvalue weighted by Crippen LogP contribution is 2.29. The van der Waals surface area contributed by atoms with Crippen molar-refractivity contribution in [2.24, 2.45) is 5.92 Å². The summed E-state index contributed by atoms with van der Waals surface area (Å²) in [4.78, 5) is 37.0. The lowest BCUT2D eigenvalue weighted by Gasteiger charge is -2.18. The van der Waals surface area contributed by atoms with Gasteiger partial charge >= 0.3 is 17.9 Å². The molecule has 25 heavy (non-hydrogen) atoms. The summed E-state index contributed by atoms with van der Waals surface area (Å²) in [6, 6.07) is 4.79. The molecule has 1 saturated heterocycles. The number of aromatic nitrogens is 1. The molecule has 0 amide bonds. The van der Waals surface area contributed by atoms with E-state index in [1.54, 1.807) is 0 Å². The molecule has 0 aromatic carbocycles. The molecule has 9 heteroatoms. The number of pyridine rings is 1. The summed E-state index contributed by atoms with van der Waals surface area (Å²) < 4.78 is 0. The minimum absolute atomic E-state index is 0.610. The van der Waals surface area contributed by atoms with Crippen molar-refractivity contribution in [1.82, 2.24) is 9.88 Å². The Morgan fingerprint density at radius 2 is 1.96 bits per heavy atom. The first-order valence-electron chi connectivity index (χ1n) is 7.69. The molecule has 0 spiro atoms. The molecule has 1 aliphatic rings. The summed E-state index contributed by atoms with van der Waals surface area (Å²) in [5.41, 5.74) is 1.36. The van der Waals surface area contributed by atoms with Crippen LogP contribution >= 0.6 is 0 Å². The fourth-order valence-electron chi connectivity index (χ4n) is 2.60. The third-order valence-electron chi connectivity index (χ3n) is 3.94. The summed E-state index contributed by atoms with van der Waals surface area (Å²) in [5.74, 6) is -6.71. The number of hydrogen-bond acceptors (Lipinski definition) is 6. The van der Waals surface area contributed by atoms with Gasteiger partial charge in [-0.05, 0) is 38.1 Å². The Kier molecular flexibility index (Phi) is 7.96. The Hall–Kier alpha value is -2.52. The third kappa shape index (κ3) is 6.48. The smallest absolute Gasteiger partial charge is 0.333 e. The van der Waals surface area contributed by atoms with Crippen molar-refractivity contribution in [3.8, 4) is 0 Å². The molecule has 2 heterocycles. The molecule has 0 aliphatic carbocycles. The topological polar surface area (TPSA) is 148 Å². The molecular formula is C16H22N2O7. The largest absolute Gasteiger partial charge is 0.481 e. The number of rotatable bonds is 6. The van der Waals surface area contributed by atoms with Gasteiger partial charge in [0.1, 0.15) is 5.92 Å². The summed E-state index contributed by atoms with van der Waals surface area (Å²) in [7, 11) is 2.19. The van der Waals surface area contributed by atoms with E-state index in [2.05, 4.69) is 23.0 Å². The maximum Gasteiger partial charge on any atom is 0.333 e. The number of aliphatic hydroxyl groups excluding tert-OH is 1. The van der Waals surface area contributed by atoms with E-state index in [0.717, 1.165) is 0 Å². The fraction of sp³-hybridized carbons (Fsp3) is 0.500. The lowest BCUT2D eigenvalue weighted by atomic mass is 9.99. The van der Waals surface area contributed by atoms with Crippen LogP contribution in [0.3, 0.4) is 0 Å². The first-order chi connectivity index (χ1) is 11.7. The van der Waals surface area contributed by atoms with Gasteiger partial charge in [0.25, 0.3) is 0 Å². The van der Waals surface area contributed by atoms with Gasteiger partial charge in [-0.15, -0.1) is 0 Å². The van der Waals surface area contributed by atoms with Gasteiger partial charge in [0.05, 0.1) is 6.42 Å². The van der Waals surface area contributed by atoms with Gasteiger partial charge in [-0.3, -0.25) is 19.5 Å². The molecule has 3 atom stereocenters. The molecule has 1 aromatic rings. The van der Waals surface area contributed by atoms with E-state index in [4.69, 9.17) is 20.4 Å².